The molecule has 0 radical (unpaired) electrons. The van der Waals surface area contributed by atoms with Gasteiger partial charge in [0.2, 0.25) is 6.17 Å². The van der Waals surface area contributed by atoms with Crippen LogP contribution in [0.2, 0.25) is 0 Å². The van der Waals surface area contributed by atoms with Crippen LogP contribution in [0.15, 0.2) is 18.2 Å². The number of hydrogen-bond acceptors (Lipinski definition) is 4. The molecule has 5 heteroatoms. The van der Waals surface area contributed by atoms with Gasteiger partial charge in [-0.25, -0.2) is 9.18 Å². The number of halogens is 1. The minimum Gasteiger partial charge on any atom is -0.504 e. The molecule has 0 aliphatic heterocycles. The van der Waals surface area contributed by atoms with E-state index in [1.807, 2.05) is 0 Å². The molecule has 88 valence electrons. The van der Waals surface area contributed by atoms with Crippen LogP contribution < -0.4 is 4.74 Å². The van der Waals surface area contributed by atoms with E-state index in [1.54, 1.807) is 6.92 Å². The summed E-state index contributed by atoms with van der Waals surface area (Å²) >= 11 is 0. The maximum Gasteiger partial charge on any atom is 0.345 e. The molecule has 4 nitrogen and oxygen atoms in total. The third-order valence-electron chi connectivity index (χ3n) is 1.99. The number of phenols is 1. The number of hydrogen-bond donors (Lipinski definition) is 1. The molecule has 0 spiro atoms. The minimum absolute atomic E-state index is 0.0387. The summed E-state index contributed by atoms with van der Waals surface area (Å²) < 4.78 is 22.8. The van der Waals surface area contributed by atoms with E-state index in [-0.39, 0.29) is 23.7 Å². The average Bonchev–Trinajstić information content (AvgIpc) is 2.28. The van der Waals surface area contributed by atoms with Gasteiger partial charge in [-0.2, -0.15) is 0 Å². The van der Waals surface area contributed by atoms with Crippen LogP contribution in [-0.2, 0) is 9.53 Å². The molecule has 0 aromatic heterocycles. The number of methoxy groups -OCH3 is 1. The third kappa shape index (κ3) is 2.62. The molecule has 1 atom stereocenters. The molecule has 1 rings (SSSR count). The number of rotatable bonds is 4. The lowest BCUT2D eigenvalue weighted by molar-refractivity contribution is -0.149. The van der Waals surface area contributed by atoms with E-state index in [9.17, 15) is 14.3 Å². The molecular weight excluding hydrogens is 215 g/mol. The summed E-state index contributed by atoms with van der Waals surface area (Å²) in [6.45, 7) is 1.71. The van der Waals surface area contributed by atoms with Gasteiger partial charge < -0.3 is 14.6 Å². The number of benzene rings is 1. The molecule has 1 unspecified atom stereocenters. The van der Waals surface area contributed by atoms with E-state index < -0.39 is 12.1 Å². The van der Waals surface area contributed by atoms with Crippen LogP contribution in [0, 0.1) is 0 Å². The highest BCUT2D eigenvalue weighted by Gasteiger charge is 2.21. The van der Waals surface area contributed by atoms with Gasteiger partial charge in [0.25, 0.3) is 0 Å². The predicted octanol–water partition coefficient (Wildman–Crippen LogP) is 1.97. The van der Waals surface area contributed by atoms with Gasteiger partial charge in [0.05, 0.1) is 13.7 Å². The van der Waals surface area contributed by atoms with Gasteiger partial charge in [0, 0.05) is 5.56 Å². The average molecular weight is 228 g/mol. The molecule has 1 aromatic carbocycles. The zero-order valence-electron chi connectivity index (χ0n) is 9.07. The van der Waals surface area contributed by atoms with Crippen molar-refractivity contribution in [3.63, 3.8) is 0 Å². The SMILES string of the molecule is CCOC(=O)C(F)c1ccc(OC)c(O)c1. The minimum atomic E-state index is -1.89. The van der Waals surface area contributed by atoms with Crippen molar-refractivity contribution in [2.45, 2.75) is 13.1 Å². The topological polar surface area (TPSA) is 55.8 Å². The Bertz CT molecular complexity index is 378. The van der Waals surface area contributed by atoms with E-state index in [0.717, 1.165) is 6.07 Å². The van der Waals surface area contributed by atoms with Crippen LogP contribution in [0.5, 0.6) is 11.5 Å². The lowest BCUT2D eigenvalue weighted by Crippen LogP contribution is -2.11. The molecule has 0 heterocycles. The van der Waals surface area contributed by atoms with Crippen molar-refractivity contribution in [3.8, 4) is 11.5 Å². The van der Waals surface area contributed by atoms with Gasteiger partial charge >= 0.3 is 5.97 Å². The monoisotopic (exact) mass is 228 g/mol. The van der Waals surface area contributed by atoms with Crippen LogP contribution in [0.25, 0.3) is 0 Å². The lowest BCUT2D eigenvalue weighted by Gasteiger charge is -2.09. The van der Waals surface area contributed by atoms with Crippen LogP contribution >= 0.6 is 0 Å². The highest BCUT2D eigenvalue weighted by molar-refractivity contribution is 5.76. The van der Waals surface area contributed by atoms with Crippen molar-refractivity contribution in [3.05, 3.63) is 23.8 Å². The van der Waals surface area contributed by atoms with E-state index in [2.05, 4.69) is 4.74 Å². The Morgan fingerprint density at radius 3 is 2.75 bits per heavy atom. The Morgan fingerprint density at radius 1 is 1.56 bits per heavy atom. The van der Waals surface area contributed by atoms with Crippen LogP contribution in [-0.4, -0.2) is 24.8 Å². The molecular formula is C11H13FO4. The molecule has 0 amide bonds. The van der Waals surface area contributed by atoms with E-state index >= 15 is 0 Å². The van der Waals surface area contributed by atoms with Gasteiger partial charge in [-0.05, 0) is 19.1 Å². The molecule has 0 aliphatic carbocycles. The fraction of sp³-hybridized carbons (Fsp3) is 0.364. The molecule has 0 saturated heterocycles. The summed E-state index contributed by atoms with van der Waals surface area (Å²) in [6, 6.07) is 3.89. The molecule has 0 aliphatic rings. The van der Waals surface area contributed by atoms with Crippen molar-refractivity contribution in [2.75, 3.05) is 13.7 Å². The van der Waals surface area contributed by atoms with Gasteiger partial charge in [-0.3, -0.25) is 0 Å². The van der Waals surface area contributed by atoms with Crippen LogP contribution in [0.4, 0.5) is 4.39 Å². The zero-order valence-corrected chi connectivity index (χ0v) is 9.07. The molecule has 0 bridgehead atoms. The highest BCUT2D eigenvalue weighted by Crippen LogP contribution is 2.30. The van der Waals surface area contributed by atoms with Crippen molar-refractivity contribution in [2.24, 2.45) is 0 Å². The first-order chi connectivity index (χ1) is 7.60. The van der Waals surface area contributed by atoms with Gasteiger partial charge in [-0.15, -0.1) is 0 Å². The van der Waals surface area contributed by atoms with Crippen molar-refractivity contribution in [1.82, 2.24) is 0 Å². The number of phenolic OH excluding ortho intramolecular Hbond substituents is 1. The van der Waals surface area contributed by atoms with E-state index in [1.165, 1.54) is 19.2 Å². The van der Waals surface area contributed by atoms with E-state index in [4.69, 9.17) is 4.74 Å². The molecule has 1 aromatic rings. The van der Waals surface area contributed by atoms with Crippen molar-refractivity contribution in [1.29, 1.82) is 0 Å². The quantitative estimate of drug-likeness (QED) is 0.800. The van der Waals surface area contributed by atoms with Gasteiger partial charge in [-0.1, -0.05) is 6.07 Å². The smallest absolute Gasteiger partial charge is 0.345 e. The number of carbonyl (C=O) groups excluding carboxylic acids is 1. The second-order valence-electron chi connectivity index (χ2n) is 3.05. The zero-order chi connectivity index (χ0) is 12.1. The maximum atomic E-state index is 13.5. The van der Waals surface area contributed by atoms with Gasteiger partial charge in [0.1, 0.15) is 0 Å². The third-order valence-corrected chi connectivity index (χ3v) is 1.99. The second-order valence-corrected chi connectivity index (χ2v) is 3.05. The fourth-order valence-corrected chi connectivity index (χ4v) is 1.22. The Balaban J connectivity index is 2.88. The summed E-state index contributed by atoms with van der Waals surface area (Å²) in [6.07, 6.45) is -1.89. The standard InChI is InChI=1S/C11H13FO4/c1-3-16-11(14)10(12)7-4-5-9(15-2)8(13)6-7/h4-6,10,13H,3H2,1-2H3. The predicted molar refractivity (Wildman–Crippen MR) is 55.1 cm³/mol. The number of alkyl halides is 1. The first kappa shape index (κ1) is 12.3. The van der Waals surface area contributed by atoms with Crippen LogP contribution in [0.3, 0.4) is 0 Å². The lowest BCUT2D eigenvalue weighted by atomic mass is 10.1. The van der Waals surface area contributed by atoms with Gasteiger partial charge in [0.15, 0.2) is 11.5 Å². The fourth-order valence-electron chi connectivity index (χ4n) is 1.22. The summed E-state index contributed by atoms with van der Waals surface area (Å²) in [5.41, 5.74) is 0.0387. The summed E-state index contributed by atoms with van der Waals surface area (Å²) in [7, 11) is 1.38. The molecule has 0 fully saturated rings. The summed E-state index contributed by atoms with van der Waals surface area (Å²) in [4.78, 5) is 11.1. The highest BCUT2D eigenvalue weighted by atomic mass is 19.1. The Hall–Kier alpha value is -1.78. The molecule has 1 N–H and O–H groups in total. The Kier molecular flexibility index (Phi) is 4.10. The first-order valence-electron chi connectivity index (χ1n) is 4.77. The molecule has 0 saturated carbocycles. The van der Waals surface area contributed by atoms with Crippen LogP contribution in [0.1, 0.15) is 18.7 Å². The Labute approximate surface area is 92.6 Å². The number of ether oxygens (including phenoxy) is 2. The Morgan fingerprint density at radius 2 is 2.25 bits per heavy atom. The van der Waals surface area contributed by atoms with E-state index in [0.29, 0.717) is 0 Å². The van der Waals surface area contributed by atoms with Crippen molar-refractivity contribution >= 4 is 5.97 Å². The number of aromatic hydroxyl groups is 1. The van der Waals surface area contributed by atoms with Crippen molar-refractivity contribution < 1.29 is 23.8 Å². The normalized spacial score (nSPS) is 11.9. The maximum absolute atomic E-state index is 13.5. The summed E-state index contributed by atoms with van der Waals surface area (Å²) in [5, 5.41) is 9.41. The number of carbonyl (C=O) groups is 1. The second kappa shape index (κ2) is 5.34. The summed E-state index contributed by atoms with van der Waals surface area (Å²) in [5.74, 6) is -0.959. The number of esters is 1. The first-order valence-corrected chi connectivity index (χ1v) is 4.77. The largest absolute Gasteiger partial charge is 0.504 e. The molecule has 16 heavy (non-hydrogen) atoms.